The van der Waals surface area contributed by atoms with Gasteiger partial charge in [-0.1, -0.05) is 25.4 Å². The topological polar surface area (TPSA) is 47.1 Å². The zero-order valence-electron chi connectivity index (χ0n) is 14.9. The van der Waals surface area contributed by atoms with Gasteiger partial charge in [0, 0.05) is 24.8 Å². The van der Waals surface area contributed by atoms with E-state index in [-0.39, 0.29) is 6.04 Å². The van der Waals surface area contributed by atoms with Crippen molar-refractivity contribution in [3.63, 3.8) is 0 Å². The lowest BCUT2D eigenvalue weighted by Crippen LogP contribution is -2.24. The van der Waals surface area contributed by atoms with Gasteiger partial charge >= 0.3 is 0 Å². The molecule has 0 bridgehead atoms. The van der Waals surface area contributed by atoms with E-state index in [1.54, 1.807) is 6.26 Å². The van der Waals surface area contributed by atoms with Crippen molar-refractivity contribution in [1.29, 1.82) is 0 Å². The highest BCUT2D eigenvalue weighted by atomic mass is 35.5. The molecule has 1 aliphatic heterocycles. The minimum atomic E-state index is 0.210. The molecule has 1 unspecified atom stereocenters. The highest BCUT2D eigenvalue weighted by molar-refractivity contribution is 6.30. The van der Waals surface area contributed by atoms with Crippen molar-refractivity contribution in [3.8, 4) is 0 Å². The summed E-state index contributed by atoms with van der Waals surface area (Å²) in [6.07, 6.45) is 5.71. The zero-order valence-corrected chi connectivity index (χ0v) is 15.6. The average Bonchev–Trinajstić information content (AvgIpc) is 3.26. The van der Waals surface area contributed by atoms with Crippen molar-refractivity contribution in [1.82, 2.24) is 14.8 Å². The molecule has 132 valence electrons. The van der Waals surface area contributed by atoms with Gasteiger partial charge in [-0.2, -0.15) is 5.10 Å². The third-order valence-electron chi connectivity index (χ3n) is 4.86. The highest BCUT2D eigenvalue weighted by Crippen LogP contribution is 2.41. The summed E-state index contributed by atoms with van der Waals surface area (Å²) in [5.74, 6) is 1.48. The maximum atomic E-state index is 6.74. The smallest absolute Gasteiger partial charge is 0.140 e. The Balaban J connectivity index is 1.76. The molecule has 3 aromatic heterocycles. The number of halogens is 1. The quantitative estimate of drug-likeness (QED) is 0.659. The van der Waals surface area contributed by atoms with Gasteiger partial charge in [-0.25, -0.2) is 4.98 Å². The summed E-state index contributed by atoms with van der Waals surface area (Å²) in [6, 6.07) is 4.10. The Morgan fingerprint density at radius 3 is 3.00 bits per heavy atom. The van der Waals surface area contributed by atoms with Gasteiger partial charge in [-0.15, -0.1) is 0 Å². The van der Waals surface area contributed by atoms with Crippen LogP contribution in [0.5, 0.6) is 0 Å². The second-order valence-electron chi connectivity index (χ2n) is 7.18. The number of rotatable bonds is 4. The SMILES string of the molecule is Cc1nn(CC(C)C)c(Cl)c1C1CCCN1c1nccc2occc12. The van der Waals surface area contributed by atoms with Crippen LogP contribution >= 0.6 is 11.6 Å². The molecule has 4 heterocycles. The number of aryl methyl sites for hydroxylation is 1. The summed E-state index contributed by atoms with van der Waals surface area (Å²) >= 11 is 6.74. The maximum Gasteiger partial charge on any atom is 0.140 e. The van der Waals surface area contributed by atoms with Crippen molar-refractivity contribution in [2.45, 2.75) is 46.2 Å². The van der Waals surface area contributed by atoms with Crippen LogP contribution in [0.2, 0.25) is 5.15 Å². The molecule has 6 heteroatoms. The Labute approximate surface area is 152 Å². The molecule has 5 nitrogen and oxygen atoms in total. The monoisotopic (exact) mass is 358 g/mol. The van der Waals surface area contributed by atoms with Crippen molar-refractivity contribution < 1.29 is 4.42 Å². The third kappa shape index (κ3) is 2.80. The van der Waals surface area contributed by atoms with Gasteiger partial charge in [-0.05, 0) is 37.8 Å². The Hall–Kier alpha value is -2.01. The summed E-state index contributed by atoms with van der Waals surface area (Å²) in [4.78, 5) is 7.00. The summed E-state index contributed by atoms with van der Waals surface area (Å²) in [6.45, 7) is 8.21. The molecule has 4 rings (SSSR count). The fourth-order valence-corrected chi connectivity index (χ4v) is 4.21. The first-order valence-corrected chi connectivity index (χ1v) is 9.25. The van der Waals surface area contributed by atoms with Crippen molar-refractivity contribution in [3.05, 3.63) is 41.0 Å². The van der Waals surface area contributed by atoms with Crippen LogP contribution in [0.4, 0.5) is 5.82 Å². The predicted molar refractivity (Wildman–Crippen MR) is 100 cm³/mol. The lowest BCUT2D eigenvalue weighted by atomic mass is 10.1. The molecule has 0 aliphatic carbocycles. The Morgan fingerprint density at radius 2 is 2.20 bits per heavy atom. The fourth-order valence-electron chi connectivity index (χ4n) is 3.84. The Bertz CT molecular complexity index is 898. The lowest BCUT2D eigenvalue weighted by molar-refractivity contribution is 0.481. The number of anilines is 1. The van der Waals surface area contributed by atoms with Crippen LogP contribution in [0, 0.1) is 12.8 Å². The molecule has 1 aliphatic rings. The van der Waals surface area contributed by atoms with Gasteiger partial charge in [0.2, 0.25) is 0 Å². The molecule has 0 amide bonds. The van der Waals surface area contributed by atoms with Crippen LogP contribution < -0.4 is 4.90 Å². The number of hydrogen-bond acceptors (Lipinski definition) is 4. The van der Waals surface area contributed by atoms with Gasteiger partial charge in [0.15, 0.2) is 0 Å². The predicted octanol–water partition coefficient (Wildman–Crippen LogP) is 4.98. The summed E-state index contributed by atoms with van der Waals surface area (Å²) in [7, 11) is 0. The highest BCUT2D eigenvalue weighted by Gasteiger charge is 2.33. The van der Waals surface area contributed by atoms with E-state index in [1.807, 2.05) is 23.0 Å². The largest absolute Gasteiger partial charge is 0.464 e. The van der Waals surface area contributed by atoms with E-state index >= 15 is 0 Å². The van der Waals surface area contributed by atoms with E-state index in [0.717, 1.165) is 59.1 Å². The zero-order chi connectivity index (χ0) is 17.6. The average molecular weight is 359 g/mol. The van der Waals surface area contributed by atoms with Gasteiger partial charge in [-0.3, -0.25) is 4.68 Å². The number of pyridine rings is 1. The molecule has 1 fully saturated rings. The van der Waals surface area contributed by atoms with Crippen molar-refractivity contribution >= 4 is 28.4 Å². The molecule has 1 atom stereocenters. The van der Waals surface area contributed by atoms with E-state index in [1.165, 1.54) is 0 Å². The van der Waals surface area contributed by atoms with Crippen LogP contribution in [-0.4, -0.2) is 21.3 Å². The lowest BCUT2D eigenvalue weighted by Gasteiger charge is -2.26. The molecule has 3 aromatic rings. The van der Waals surface area contributed by atoms with Crippen LogP contribution in [-0.2, 0) is 6.54 Å². The second-order valence-corrected chi connectivity index (χ2v) is 7.54. The standard InChI is InChI=1S/C19H23ClN4O/c1-12(2)11-24-18(20)17(13(3)22-24)15-5-4-9-23(15)19-14-7-10-25-16(14)6-8-21-19/h6-8,10,12,15H,4-5,9,11H2,1-3H3. The Kier molecular flexibility index (Phi) is 4.20. The number of furan rings is 1. The van der Waals surface area contributed by atoms with Crippen molar-refractivity contribution in [2.24, 2.45) is 5.92 Å². The van der Waals surface area contributed by atoms with E-state index in [9.17, 15) is 0 Å². The minimum absolute atomic E-state index is 0.210. The van der Waals surface area contributed by atoms with Crippen LogP contribution in [0.15, 0.2) is 29.0 Å². The molecule has 0 spiro atoms. The maximum absolute atomic E-state index is 6.74. The van der Waals surface area contributed by atoms with Crippen molar-refractivity contribution in [2.75, 3.05) is 11.4 Å². The van der Waals surface area contributed by atoms with Crippen LogP contribution in [0.25, 0.3) is 11.0 Å². The minimum Gasteiger partial charge on any atom is -0.464 e. The first-order valence-electron chi connectivity index (χ1n) is 8.88. The summed E-state index contributed by atoms with van der Waals surface area (Å²) in [5, 5.41) is 6.51. The third-order valence-corrected chi connectivity index (χ3v) is 5.26. The van der Waals surface area contributed by atoms with Gasteiger partial charge in [0.25, 0.3) is 0 Å². The van der Waals surface area contributed by atoms with Gasteiger partial charge in [0.1, 0.15) is 16.6 Å². The summed E-state index contributed by atoms with van der Waals surface area (Å²) in [5.41, 5.74) is 3.03. The van der Waals surface area contributed by atoms with Crippen LogP contribution in [0.1, 0.15) is 44.0 Å². The normalized spacial score (nSPS) is 18.0. The Morgan fingerprint density at radius 1 is 1.36 bits per heavy atom. The van der Waals surface area contributed by atoms with E-state index in [0.29, 0.717) is 5.92 Å². The van der Waals surface area contributed by atoms with E-state index in [2.05, 4.69) is 30.7 Å². The number of nitrogens with zero attached hydrogens (tertiary/aromatic N) is 4. The molecule has 1 saturated heterocycles. The number of fused-ring (bicyclic) bond motifs is 1. The molecule has 0 N–H and O–H groups in total. The van der Waals surface area contributed by atoms with Gasteiger partial charge in [0.05, 0.1) is 23.4 Å². The summed E-state index contributed by atoms with van der Waals surface area (Å²) < 4.78 is 7.49. The molecule has 0 saturated carbocycles. The first kappa shape index (κ1) is 16.5. The first-order chi connectivity index (χ1) is 12.1. The molecular formula is C19H23ClN4O. The number of aromatic nitrogens is 3. The van der Waals surface area contributed by atoms with E-state index < -0.39 is 0 Å². The second kappa shape index (κ2) is 6.37. The molecule has 0 radical (unpaired) electrons. The molecule has 25 heavy (non-hydrogen) atoms. The van der Waals surface area contributed by atoms with Crippen LogP contribution in [0.3, 0.4) is 0 Å². The number of hydrogen-bond donors (Lipinski definition) is 0. The fraction of sp³-hybridized carbons (Fsp3) is 0.474. The van der Waals surface area contributed by atoms with E-state index in [4.69, 9.17) is 21.1 Å². The molecule has 0 aromatic carbocycles. The molecular weight excluding hydrogens is 336 g/mol. The van der Waals surface area contributed by atoms with Gasteiger partial charge < -0.3 is 9.32 Å².